The summed E-state index contributed by atoms with van der Waals surface area (Å²) in [4.78, 5) is 12.3. The van der Waals surface area contributed by atoms with Crippen molar-refractivity contribution in [3.63, 3.8) is 0 Å². The molecule has 1 unspecified atom stereocenters. The Morgan fingerprint density at radius 1 is 1.35 bits per heavy atom. The third kappa shape index (κ3) is 4.67. The average Bonchev–Trinajstić information content (AvgIpc) is 3.23. The second-order valence-electron chi connectivity index (χ2n) is 7.13. The van der Waals surface area contributed by atoms with Gasteiger partial charge in [-0.05, 0) is 42.7 Å². The van der Waals surface area contributed by atoms with Crippen molar-refractivity contribution < 1.29 is 22.7 Å². The van der Waals surface area contributed by atoms with Gasteiger partial charge >= 0.3 is 0 Å². The molecule has 0 spiro atoms. The molecule has 1 amide bonds. The quantitative estimate of drug-likeness (QED) is 0.376. The van der Waals surface area contributed by atoms with Crippen LogP contribution in [0.1, 0.15) is 40.7 Å². The number of hydrogen-bond donors (Lipinski definition) is 4. The number of aliphatic hydroxyl groups is 1. The van der Waals surface area contributed by atoms with E-state index >= 15 is 0 Å². The average molecular weight is 466 g/mol. The molecule has 2 aromatic heterocycles. The fraction of sp³-hybridized carbons (Fsp3) is 0.263. The summed E-state index contributed by atoms with van der Waals surface area (Å²) in [7, 11) is -3.95. The molecule has 2 heterocycles. The monoisotopic (exact) mass is 465 g/mol. The maximum Gasteiger partial charge on any atom is 0.274 e. The van der Waals surface area contributed by atoms with Crippen molar-refractivity contribution in [3.8, 4) is 0 Å². The predicted molar refractivity (Wildman–Crippen MR) is 112 cm³/mol. The molecular weight excluding hydrogens is 445 g/mol. The maximum atomic E-state index is 13.4. The highest BCUT2D eigenvalue weighted by Gasteiger charge is 2.39. The Balaban J connectivity index is 1.64. The maximum absolute atomic E-state index is 13.4. The predicted octanol–water partition coefficient (Wildman–Crippen LogP) is 2.17. The molecule has 0 radical (unpaired) electrons. The lowest BCUT2D eigenvalue weighted by Gasteiger charge is -2.21. The number of sulfonamides is 1. The van der Waals surface area contributed by atoms with Crippen molar-refractivity contribution >= 4 is 32.3 Å². The second kappa shape index (κ2) is 8.48. The molecule has 1 aliphatic carbocycles. The van der Waals surface area contributed by atoms with Crippen molar-refractivity contribution in [2.45, 2.75) is 35.9 Å². The number of carbonyl (C=O) groups excluding carboxylic acids is 1. The van der Waals surface area contributed by atoms with E-state index in [-0.39, 0.29) is 33.1 Å². The molecule has 4 rings (SSSR count). The topological polar surface area (TPSA) is 141 Å². The van der Waals surface area contributed by atoms with E-state index in [2.05, 4.69) is 15.5 Å². The van der Waals surface area contributed by atoms with Gasteiger partial charge in [-0.25, -0.2) is 12.8 Å². The van der Waals surface area contributed by atoms with Crippen LogP contribution in [0.2, 0.25) is 0 Å². The number of anilines is 1. The number of aromatic nitrogens is 2. The van der Waals surface area contributed by atoms with E-state index in [0.717, 1.165) is 24.2 Å². The first-order chi connectivity index (χ1) is 14.8. The van der Waals surface area contributed by atoms with Gasteiger partial charge in [0.15, 0.2) is 0 Å². The molecule has 1 aliphatic rings. The highest BCUT2D eigenvalue weighted by Crippen LogP contribution is 2.39. The number of aromatic amines is 1. The number of nitrogens with zero attached hydrogens (tertiary/aromatic N) is 2. The number of thiophene rings is 1. The summed E-state index contributed by atoms with van der Waals surface area (Å²) >= 11 is 0.811. The number of carbonyl (C=O) groups is 1. The number of benzene rings is 1. The van der Waals surface area contributed by atoms with Crippen LogP contribution in [0, 0.1) is 5.82 Å². The van der Waals surface area contributed by atoms with E-state index in [9.17, 15) is 22.7 Å². The molecule has 31 heavy (non-hydrogen) atoms. The van der Waals surface area contributed by atoms with Crippen molar-refractivity contribution in [1.29, 1.82) is 0 Å². The summed E-state index contributed by atoms with van der Waals surface area (Å²) in [6.07, 6.45) is 1.37. The van der Waals surface area contributed by atoms with Gasteiger partial charge in [0.2, 0.25) is 0 Å². The van der Waals surface area contributed by atoms with Crippen LogP contribution >= 0.6 is 11.3 Å². The van der Waals surface area contributed by atoms with E-state index in [4.69, 9.17) is 5.73 Å². The molecule has 1 fully saturated rings. The van der Waals surface area contributed by atoms with E-state index in [1.165, 1.54) is 34.8 Å². The molecule has 0 aliphatic heterocycles. The number of H-pyrrole nitrogens is 1. The summed E-state index contributed by atoms with van der Waals surface area (Å²) in [5, 5.41) is 18.8. The number of nitrogens with one attached hydrogen (secondary N) is 2. The number of nitrogens with two attached hydrogens (primary N) is 1. The standard InChI is InChI=1S/C19H20FN5O4S2/c20-12-3-1-11(2-4-12)10-25(13-5-6-13)31(28,29)16-9-14(17(21)26)19(30-16)23-18(27)15-7-8-22-24-15/h1-4,7-9,13,17,26H,5-6,10,21H2,(H,22,24)(H,23,27). The van der Waals surface area contributed by atoms with Gasteiger partial charge in [-0.1, -0.05) is 12.1 Å². The number of amides is 1. The Kier molecular flexibility index (Phi) is 5.90. The summed E-state index contributed by atoms with van der Waals surface area (Å²) < 4.78 is 41.3. The van der Waals surface area contributed by atoms with Crippen LogP contribution in [-0.4, -0.2) is 40.0 Å². The summed E-state index contributed by atoms with van der Waals surface area (Å²) in [6, 6.07) is 8.21. The lowest BCUT2D eigenvalue weighted by Crippen LogP contribution is -2.32. The van der Waals surface area contributed by atoms with Gasteiger partial charge in [-0.2, -0.15) is 9.40 Å². The minimum atomic E-state index is -3.95. The summed E-state index contributed by atoms with van der Waals surface area (Å²) in [6.45, 7) is 0.0849. The Bertz CT molecular complexity index is 1170. The van der Waals surface area contributed by atoms with Crippen LogP contribution in [-0.2, 0) is 16.6 Å². The zero-order valence-electron chi connectivity index (χ0n) is 16.2. The molecular formula is C19H20FN5O4S2. The molecule has 1 atom stereocenters. The highest BCUT2D eigenvalue weighted by molar-refractivity contribution is 7.91. The first-order valence-corrected chi connectivity index (χ1v) is 11.7. The fourth-order valence-corrected chi connectivity index (χ4v) is 6.25. The van der Waals surface area contributed by atoms with Crippen LogP contribution in [0.15, 0.2) is 46.8 Å². The Morgan fingerprint density at radius 3 is 2.65 bits per heavy atom. The number of hydrogen-bond acceptors (Lipinski definition) is 7. The molecule has 9 nitrogen and oxygen atoms in total. The molecule has 12 heteroatoms. The van der Waals surface area contributed by atoms with Crippen molar-refractivity contribution in [2.75, 3.05) is 5.32 Å². The zero-order chi connectivity index (χ0) is 22.2. The smallest absolute Gasteiger partial charge is 0.274 e. The van der Waals surface area contributed by atoms with E-state index in [1.54, 1.807) is 12.1 Å². The Morgan fingerprint density at radius 2 is 2.06 bits per heavy atom. The minimum Gasteiger partial charge on any atom is -0.374 e. The van der Waals surface area contributed by atoms with Crippen LogP contribution in [0.5, 0.6) is 0 Å². The SMILES string of the molecule is NC(O)c1cc(S(=O)(=O)N(Cc2ccc(F)cc2)C2CC2)sc1NC(=O)c1ccn[nH]1. The summed E-state index contributed by atoms with van der Waals surface area (Å²) in [5.74, 6) is -0.947. The molecule has 0 saturated heterocycles. The van der Waals surface area contributed by atoms with Crippen molar-refractivity contribution in [3.05, 3.63) is 65.2 Å². The van der Waals surface area contributed by atoms with Crippen molar-refractivity contribution in [1.82, 2.24) is 14.5 Å². The lowest BCUT2D eigenvalue weighted by atomic mass is 10.2. The molecule has 1 aromatic carbocycles. The molecule has 0 bridgehead atoms. The Hall–Kier alpha value is -2.64. The second-order valence-corrected chi connectivity index (χ2v) is 10.3. The molecule has 5 N–H and O–H groups in total. The van der Waals surface area contributed by atoms with Gasteiger partial charge < -0.3 is 16.2 Å². The third-order valence-corrected chi connectivity index (χ3v) is 8.21. The largest absolute Gasteiger partial charge is 0.374 e. The molecule has 164 valence electrons. The first kappa shape index (κ1) is 21.6. The normalized spacial score (nSPS) is 15.2. The van der Waals surface area contributed by atoms with Gasteiger partial charge in [0.25, 0.3) is 15.9 Å². The van der Waals surface area contributed by atoms with Crippen LogP contribution < -0.4 is 11.1 Å². The van der Waals surface area contributed by atoms with Crippen LogP contribution in [0.4, 0.5) is 9.39 Å². The number of halogens is 1. The number of rotatable bonds is 8. The minimum absolute atomic E-state index is 0.0547. The van der Waals surface area contributed by atoms with Gasteiger partial charge in [0.1, 0.15) is 26.9 Å². The van der Waals surface area contributed by atoms with E-state index in [0.29, 0.717) is 5.56 Å². The zero-order valence-corrected chi connectivity index (χ0v) is 17.8. The molecule has 1 saturated carbocycles. The third-order valence-electron chi connectivity index (χ3n) is 4.80. The van der Waals surface area contributed by atoms with Crippen molar-refractivity contribution in [2.24, 2.45) is 5.73 Å². The van der Waals surface area contributed by atoms with Crippen LogP contribution in [0.3, 0.4) is 0 Å². The van der Waals surface area contributed by atoms with Gasteiger partial charge in [-0.3, -0.25) is 9.89 Å². The molecule has 3 aromatic rings. The fourth-order valence-electron chi connectivity index (χ4n) is 3.04. The van der Waals surface area contributed by atoms with E-state index in [1.807, 2.05) is 0 Å². The summed E-state index contributed by atoms with van der Waals surface area (Å²) in [5.41, 5.74) is 6.52. The van der Waals surface area contributed by atoms with Gasteiger partial charge in [0.05, 0.1) is 0 Å². The Labute approximate surface area is 181 Å². The highest BCUT2D eigenvalue weighted by atomic mass is 32.2. The van der Waals surface area contributed by atoms with Crippen LogP contribution in [0.25, 0.3) is 0 Å². The van der Waals surface area contributed by atoms with Gasteiger partial charge in [-0.15, -0.1) is 11.3 Å². The van der Waals surface area contributed by atoms with E-state index < -0.39 is 28.0 Å². The first-order valence-electron chi connectivity index (χ1n) is 9.40. The van der Waals surface area contributed by atoms with Gasteiger partial charge in [0, 0.05) is 24.3 Å². The number of aliphatic hydroxyl groups excluding tert-OH is 1. The lowest BCUT2D eigenvalue weighted by molar-refractivity contribution is 0.102.